The molecule has 2 amide bonds. The topological polar surface area (TPSA) is 52.6 Å². The molecule has 0 aromatic carbocycles. The Hall–Kier alpha value is -0.770. The van der Waals surface area contributed by atoms with Crippen LogP contribution in [0.2, 0.25) is 0 Å². The summed E-state index contributed by atoms with van der Waals surface area (Å²) < 4.78 is 0. The Morgan fingerprint density at radius 1 is 1.50 bits per heavy atom. The van der Waals surface area contributed by atoms with Gasteiger partial charge in [0.25, 0.3) is 0 Å². The normalized spacial score (nSPS) is 17.0. The van der Waals surface area contributed by atoms with Crippen molar-refractivity contribution in [2.24, 2.45) is 0 Å². The summed E-state index contributed by atoms with van der Waals surface area (Å²) in [5.41, 5.74) is 0. The summed E-state index contributed by atoms with van der Waals surface area (Å²) in [5.74, 6) is 0. The van der Waals surface area contributed by atoms with Gasteiger partial charge in [-0.25, -0.2) is 4.79 Å². The molecule has 0 spiro atoms. The average Bonchev–Trinajstić information content (AvgIpc) is 2.66. The van der Waals surface area contributed by atoms with Crippen LogP contribution in [-0.4, -0.2) is 41.8 Å². The van der Waals surface area contributed by atoms with Gasteiger partial charge in [-0.3, -0.25) is 0 Å². The van der Waals surface area contributed by atoms with E-state index in [9.17, 15) is 4.79 Å². The van der Waals surface area contributed by atoms with Crippen molar-refractivity contribution < 1.29 is 9.90 Å². The van der Waals surface area contributed by atoms with E-state index >= 15 is 0 Å². The number of carbonyl (C=O) groups is 1. The van der Waals surface area contributed by atoms with Gasteiger partial charge in [0.1, 0.15) is 0 Å². The zero-order valence-corrected chi connectivity index (χ0v) is 8.83. The second-order valence-electron chi connectivity index (χ2n) is 3.73. The van der Waals surface area contributed by atoms with E-state index in [0.29, 0.717) is 19.1 Å². The van der Waals surface area contributed by atoms with Crippen molar-refractivity contribution in [1.29, 1.82) is 0 Å². The Kier molecular flexibility index (Phi) is 4.73. The van der Waals surface area contributed by atoms with Crippen LogP contribution in [0, 0.1) is 0 Å². The number of hydrogen-bond donors (Lipinski definition) is 2. The minimum atomic E-state index is -0.0338. The van der Waals surface area contributed by atoms with E-state index in [0.717, 1.165) is 12.8 Å². The highest BCUT2D eigenvalue weighted by atomic mass is 16.3. The van der Waals surface area contributed by atoms with E-state index in [2.05, 4.69) is 5.32 Å². The molecule has 1 saturated carbocycles. The second kappa shape index (κ2) is 5.86. The van der Waals surface area contributed by atoms with Crippen molar-refractivity contribution in [3.8, 4) is 0 Å². The van der Waals surface area contributed by atoms with Gasteiger partial charge in [0.2, 0.25) is 0 Å². The van der Waals surface area contributed by atoms with E-state index in [4.69, 9.17) is 5.11 Å². The minimum absolute atomic E-state index is 0.0337. The third kappa shape index (κ3) is 3.18. The maximum atomic E-state index is 11.6. The zero-order chi connectivity index (χ0) is 10.4. The quantitative estimate of drug-likeness (QED) is 0.710. The lowest BCUT2D eigenvalue weighted by Gasteiger charge is -2.22. The first-order chi connectivity index (χ1) is 6.77. The van der Waals surface area contributed by atoms with Gasteiger partial charge in [0.15, 0.2) is 0 Å². The van der Waals surface area contributed by atoms with Gasteiger partial charge in [-0.15, -0.1) is 0 Å². The number of urea groups is 1. The van der Waals surface area contributed by atoms with E-state index in [1.165, 1.54) is 12.8 Å². The Labute approximate surface area is 85.3 Å². The molecule has 0 unspecified atom stereocenters. The van der Waals surface area contributed by atoms with Gasteiger partial charge in [0.05, 0.1) is 6.61 Å². The number of carbonyl (C=O) groups excluding carboxylic acids is 1. The fraction of sp³-hybridized carbons (Fsp3) is 0.900. The summed E-state index contributed by atoms with van der Waals surface area (Å²) in [6.07, 6.45) is 4.64. The number of nitrogens with one attached hydrogen (secondary N) is 1. The molecule has 0 aromatic rings. The van der Waals surface area contributed by atoms with Crippen molar-refractivity contribution in [2.45, 2.75) is 38.6 Å². The van der Waals surface area contributed by atoms with Crippen molar-refractivity contribution >= 4 is 6.03 Å². The molecule has 0 atom stereocenters. The van der Waals surface area contributed by atoms with Gasteiger partial charge in [-0.2, -0.15) is 0 Å². The van der Waals surface area contributed by atoms with Gasteiger partial charge in [0, 0.05) is 19.1 Å². The lowest BCUT2D eigenvalue weighted by atomic mass is 10.2. The fourth-order valence-corrected chi connectivity index (χ4v) is 1.86. The molecule has 0 aromatic heterocycles. The fourth-order valence-electron chi connectivity index (χ4n) is 1.86. The van der Waals surface area contributed by atoms with Crippen molar-refractivity contribution in [3.63, 3.8) is 0 Å². The van der Waals surface area contributed by atoms with Gasteiger partial charge >= 0.3 is 6.03 Å². The average molecular weight is 200 g/mol. The van der Waals surface area contributed by atoms with Crippen LogP contribution in [0.1, 0.15) is 32.6 Å². The molecule has 0 saturated heterocycles. The summed E-state index contributed by atoms with van der Waals surface area (Å²) in [5, 5.41) is 11.7. The van der Waals surface area contributed by atoms with Crippen LogP contribution in [0.5, 0.6) is 0 Å². The summed E-state index contributed by atoms with van der Waals surface area (Å²) >= 11 is 0. The van der Waals surface area contributed by atoms with Crippen LogP contribution in [0.25, 0.3) is 0 Å². The molecule has 4 nitrogen and oxygen atoms in total. The lowest BCUT2D eigenvalue weighted by molar-refractivity contribution is 0.177. The number of hydrogen-bond acceptors (Lipinski definition) is 2. The number of rotatable bonds is 4. The van der Waals surface area contributed by atoms with Crippen LogP contribution < -0.4 is 5.32 Å². The van der Waals surface area contributed by atoms with Crippen molar-refractivity contribution in [3.05, 3.63) is 0 Å². The molecule has 0 heterocycles. The molecule has 1 rings (SSSR count). The van der Waals surface area contributed by atoms with Crippen LogP contribution in [0.15, 0.2) is 0 Å². The van der Waals surface area contributed by atoms with Crippen LogP contribution >= 0.6 is 0 Å². The number of nitrogens with zero attached hydrogens (tertiary/aromatic N) is 1. The molecule has 1 aliphatic rings. The highest BCUT2D eigenvalue weighted by molar-refractivity contribution is 5.74. The number of amides is 2. The summed E-state index contributed by atoms with van der Waals surface area (Å²) in [4.78, 5) is 13.3. The van der Waals surface area contributed by atoms with E-state index in [1.54, 1.807) is 4.90 Å². The van der Waals surface area contributed by atoms with Gasteiger partial charge in [-0.1, -0.05) is 12.8 Å². The Bertz CT molecular complexity index is 179. The monoisotopic (exact) mass is 200 g/mol. The Morgan fingerprint density at radius 2 is 2.14 bits per heavy atom. The van der Waals surface area contributed by atoms with E-state index in [1.807, 2.05) is 6.92 Å². The second-order valence-corrected chi connectivity index (χ2v) is 3.73. The van der Waals surface area contributed by atoms with E-state index in [-0.39, 0.29) is 12.6 Å². The van der Waals surface area contributed by atoms with Gasteiger partial charge in [-0.05, 0) is 19.8 Å². The third-order valence-electron chi connectivity index (χ3n) is 2.72. The smallest absolute Gasteiger partial charge is 0.317 e. The molecule has 14 heavy (non-hydrogen) atoms. The molecular weight excluding hydrogens is 180 g/mol. The first-order valence-electron chi connectivity index (χ1n) is 5.44. The van der Waals surface area contributed by atoms with E-state index < -0.39 is 0 Å². The largest absolute Gasteiger partial charge is 0.395 e. The minimum Gasteiger partial charge on any atom is -0.395 e. The van der Waals surface area contributed by atoms with Gasteiger partial charge < -0.3 is 15.3 Å². The summed E-state index contributed by atoms with van der Waals surface area (Å²) in [6, 6.07) is 0.323. The molecule has 82 valence electrons. The molecule has 2 N–H and O–H groups in total. The van der Waals surface area contributed by atoms with Crippen LogP contribution in [0.4, 0.5) is 4.79 Å². The Morgan fingerprint density at radius 3 is 2.64 bits per heavy atom. The third-order valence-corrected chi connectivity index (χ3v) is 2.72. The molecule has 0 bridgehead atoms. The number of aliphatic hydroxyl groups excluding tert-OH is 1. The SMILES string of the molecule is CCN(CCO)C(=O)NC1CCCC1. The molecule has 0 radical (unpaired) electrons. The van der Waals surface area contributed by atoms with Crippen LogP contribution in [-0.2, 0) is 0 Å². The summed E-state index contributed by atoms with van der Waals surface area (Å²) in [6.45, 7) is 3.03. The zero-order valence-electron chi connectivity index (χ0n) is 8.83. The predicted octanol–water partition coefficient (Wildman–Crippen LogP) is 0.953. The van der Waals surface area contributed by atoms with Crippen LogP contribution in [0.3, 0.4) is 0 Å². The number of aliphatic hydroxyl groups is 1. The standard InChI is InChI=1S/C10H20N2O2/c1-2-12(7-8-13)10(14)11-9-5-3-4-6-9/h9,13H,2-8H2,1H3,(H,11,14). The Balaban J connectivity index is 2.30. The first kappa shape index (κ1) is 11.3. The molecule has 1 aliphatic carbocycles. The maximum Gasteiger partial charge on any atom is 0.317 e. The molecule has 4 heteroatoms. The maximum absolute atomic E-state index is 11.6. The highest BCUT2D eigenvalue weighted by Crippen LogP contribution is 2.17. The molecule has 1 fully saturated rings. The lowest BCUT2D eigenvalue weighted by Crippen LogP contribution is -2.44. The highest BCUT2D eigenvalue weighted by Gasteiger charge is 2.19. The van der Waals surface area contributed by atoms with Crippen molar-refractivity contribution in [2.75, 3.05) is 19.7 Å². The number of likely N-dealkylation sites (N-methyl/N-ethyl adjacent to an activating group) is 1. The summed E-state index contributed by atoms with van der Waals surface area (Å²) in [7, 11) is 0. The predicted molar refractivity (Wildman–Crippen MR) is 55.1 cm³/mol. The molecular formula is C10H20N2O2. The molecule has 0 aliphatic heterocycles. The first-order valence-corrected chi connectivity index (χ1v) is 5.44. The van der Waals surface area contributed by atoms with Crippen molar-refractivity contribution in [1.82, 2.24) is 10.2 Å².